The summed E-state index contributed by atoms with van der Waals surface area (Å²) < 4.78 is 0. The summed E-state index contributed by atoms with van der Waals surface area (Å²) >= 11 is 0. The van der Waals surface area contributed by atoms with E-state index < -0.39 is 12.1 Å². The molecule has 3 amide bonds. The van der Waals surface area contributed by atoms with Gasteiger partial charge in [-0.15, -0.1) is 0 Å². The fourth-order valence-corrected chi connectivity index (χ4v) is 3.61. The molecule has 1 fully saturated rings. The highest BCUT2D eigenvalue weighted by molar-refractivity contribution is 5.96. The van der Waals surface area contributed by atoms with Crippen LogP contribution in [0.2, 0.25) is 0 Å². The number of rotatable bonds is 5. The summed E-state index contributed by atoms with van der Waals surface area (Å²) in [5.41, 5.74) is 1.96. The number of carbonyl (C=O) groups excluding carboxylic acids is 2. The second-order valence-electron chi connectivity index (χ2n) is 6.85. The van der Waals surface area contributed by atoms with Crippen LogP contribution in [0.1, 0.15) is 18.5 Å². The van der Waals surface area contributed by atoms with Gasteiger partial charge in [-0.3, -0.25) is 10.1 Å². The summed E-state index contributed by atoms with van der Waals surface area (Å²) in [4.78, 5) is 28.1. The molecular formula is C21H27N4O3+. The summed E-state index contributed by atoms with van der Waals surface area (Å²) in [7, 11) is 0. The van der Waals surface area contributed by atoms with Crippen molar-refractivity contribution in [3.8, 4) is 5.75 Å². The van der Waals surface area contributed by atoms with Crippen LogP contribution >= 0.6 is 0 Å². The van der Waals surface area contributed by atoms with E-state index in [1.807, 2.05) is 49.4 Å². The number of aromatic hydroxyl groups is 1. The van der Waals surface area contributed by atoms with Crippen LogP contribution in [0.3, 0.4) is 0 Å². The number of benzene rings is 2. The molecule has 2 aromatic carbocycles. The third-order valence-corrected chi connectivity index (χ3v) is 5.00. The highest BCUT2D eigenvalue weighted by Gasteiger charge is 2.35. The van der Waals surface area contributed by atoms with E-state index in [0.29, 0.717) is 6.54 Å². The van der Waals surface area contributed by atoms with E-state index in [1.54, 1.807) is 12.1 Å². The van der Waals surface area contributed by atoms with Crippen molar-refractivity contribution in [2.75, 3.05) is 37.6 Å². The molecule has 1 atom stereocenters. The maximum Gasteiger partial charge on any atom is 0.321 e. The number of carbonyl (C=O) groups is 2. The van der Waals surface area contributed by atoms with Gasteiger partial charge >= 0.3 is 6.03 Å². The van der Waals surface area contributed by atoms with Gasteiger partial charge in [0.1, 0.15) is 5.75 Å². The molecule has 0 spiro atoms. The lowest BCUT2D eigenvalue weighted by molar-refractivity contribution is -0.922. The number of amides is 3. The fraction of sp³-hybridized carbons (Fsp3) is 0.333. The summed E-state index contributed by atoms with van der Waals surface area (Å²) in [5, 5.41) is 14.6. The molecule has 2 aromatic rings. The predicted octanol–water partition coefficient (Wildman–Crippen LogP) is 0.684. The summed E-state index contributed by atoms with van der Waals surface area (Å²) in [6.45, 7) is 5.39. The minimum atomic E-state index is -0.462. The lowest BCUT2D eigenvalue weighted by atomic mass is 10.0. The zero-order valence-electron chi connectivity index (χ0n) is 16.0. The van der Waals surface area contributed by atoms with Crippen LogP contribution in [0.25, 0.3) is 0 Å². The minimum absolute atomic E-state index is 0.249. The largest absolute Gasteiger partial charge is 0.508 e. The van der Waals surface area contributed by atoms with Crippen LogP contribution in [-0.2, 0) is 4.79 Å². The van der Waals surface area contributed by atoms with Gasteiger partial charge in [-0.05, 0) is 31.2 Å². The van der Waals surface area contributed by atoms with Crippen molar-refractivity contribution >= 4 is 17.6 Å². The van der Waals surface area contributed by atoms with E-state index in [2.05, 4.69) is 15.5 Å². The van der Waals surface area contributed by atoms with E-state index in [4.69, 9.17) is 0 Å². The number of nitrogens with zero attached hydrogens (tertiary/aromatic N) is 1. The van der Waals surface area contributed by atoms with Crippen molar-refractivity contribution in [3.05, 3.63) is 60.2 Å². The van der Waals surface area contributed by atoms with E-state index in [9.17, 15) is 14.7 Å². The minimum Gasteiger partial charge on any atom is -0.508 e. The number of hydrogen-bond acceptors (Lipinski definition) is 4. The number of urea groups is 1. The molecule has 4 N–H and O–H groups in total. The van der Waals surface area contributed by atoms with Gasteiger partial charge < -0.3 is 20.2 Å². The van der Waals surface area contributed by atoms with Gasteiger partial charge in [0.15, 0.2) is 6.04 Å². The molecule has 0 saturated carbocycles. The molecule has 1 aliphatic rings. The predicted molar refractivity (Wildman–Crippen MR) is 107 cm³/mol. The zero-order valence-corrected chi connectivity index (χ0v) is 16.0. The van der Waals surface area contributed by atoms with Gasteiger partial charge in [0, 0.05) is 17.8 Å². The van der Waals surface area contributed by atoms with Gasteiger partial charge in [0.25, 0.3) is 5.91 Å². The van der Waals surface area contributed by atoms with Crippen molar-refractivity contribution in [1.82, 2.24) is 10.6 Å². The first-order chi connectivity index (χ1) is 13.6. The average molecular weight is 383 g/mol. The van der Waals surface area contributed by atoms with Gasteiger partial charge in [0.05, 0.1) is 26.2 Å². The van der Waals surface area contributed by atoms with Gasteiger partial charge in [0.2, 0.25) is 0 Å². The lowest BCUT2D eigenvalue weighted by Gasteiger charge is -2.37. The Balaban J connectivity index is 1.71. The molecule has 0 unspecified atom stereocenters. The summed E-state index contributed by atoms with van der Waals surface area (Å²) in [5.74, 6) is -0.0376. The highest BCUT2D eigenvalue weighted by Crippen LogP contribution is 2.19. The molecule has 1 saturated heterocycles. The molecule has 148 valence electrons. The molecule has 0 radical (unpaired) electrons. The molecule has 28 heavy (non-hydrogen) atoms. The number of hydrogen-bond donors (Lipinski definition) is 4. The molecular weight excluding hydrogens is 356 g/mol. The van der Waals surface area contributed by atoms with Crippen LogP contribution in [0.4, 0.5) is 10.5 Å². The van der Waals surface area contributed by atoms with Crippen LogP contribution < -0.4 is 20.4 Å². The fourth-order valence-electron chi connectivity index (χ4n) is 3.61. The Hall–Kier alpha value is -3.06. The number of piperazine rings is 1. The number of imide groups is 1. The number of phenolic OH excluding ortho intramolecular Hbond substituents is 1. The quantitative estimate of drug-likeness (QED) is 0.612. The van der Waals surface area contributed by atoms with Crippen molar-refractivity contribution in [2.24, 2.45) is 0 Å². The van der Waals surface area contributed by atoms with Gasteiger partial charge in [-0.1, -0.05) is 30.3 Å². The Morgan fingerprint density at radius 1 is 1.07 bits per heavy atom. The zero-order chi connectivity index (χ0) is 19.9. The van der Waals surface area contributed by atoms with Crippen LogP contribution in [0.5, 0.6) is 5.75 Å². The molecule has 1 aliphatic heterocycles. The van der Waals surface area contributed by atoms with Crippen molar-refractivity contribution in [1.29, 1.82) is 0 Å². The number of anilines is 1. The molecule has 0 bridgehead atoms. The molecule has 1 heterocycles. The monoisotopic (exact) mass is 383 g/mol. The smallest absolute Gasteiger partial charge is 0.321 e. The molecule has 0 aliphatic carbocycles. The second-order valence-corrected chi connectivity index (χ2v) is 6.85. The standard InChI is InChI=1S/C21H26N4O3/c1-2-22-21(28)23-20(27)19(16-6-4-3-5-7-16)25-14-12-24(13-15-25)17-8-10-18(26)11-9-17/h3-11,19,26H,2,12-15H2,1H3,(H2,22,23,27,28)/p+1/t19-/m1/s1. The van der Waals surface area contributed by atoms with Crippen LogP contribution in [-0.4, -0.2) is 49.8 Å². The normalized spacial score (nSPS) is 15.7. The Bertz CT molecular complexity index is 787. The molecule has 3 rings (SSSR count). The molecule has 0 aromatic heterocycles. The van der Waals surface area contributed by atoms with Crippen molar-refractivity contribution < 1.29 is 19.6 Å². The molecule has 7 heteroatoms. The third-order valence-electron chi connectivity index (χ3n) is 5.00. The topological polar surface area (TPSA) is 86.1 Å². The van der Waals surface area contributed by atoms with Crippen LogP contribution in [0.15, 0.2) is 54.6 Å². The number of phenols is 1. The highest BCUT2D eigenvalue weighted by atomic mass is 16.3. The van der Waals surface area contributed by atoms with E-state index >= 15 is 0 Å². The number of quaternary nitrogens is 1. The lowest BCUT2D eigenvalue weighted by Crippen LogP contribution is -3.16. The van der Waals surface area contributed by atoms with E-state index in [0.717, 1.165) is 42.3 Å². The second kappa shape index (κ2) is 9.23. The van der Waals surface area contributed by atoms with Crippen molar-refractivity contribution in [3.63, 3.8) is 0 Å². The van der Waals surface area contributed by atoms with E-state index in [-0.39, 0.29) is 11.7 Å². The summed E-state index contributed by atoms with van der Waals surface area (Å²) in [6.07, 6.45) is 0. The first kappa shape index (κ1) is 19.7. The average Bonchev–Trinajstić information content (AvgIpc) is 2.70. The summed E-state index contributed by atoms with van der Waals surface area (Å²) in [6, 6.07) is 15.9. The first-order valence-electron chi connectivity index (χ1n) is 9.60. The third kappa shape index (κ3) is 4.80. The maximum absolute atomic E-state index is 12.9. The SMILES string of the molecule is CCNC(=O)NC(=O)[C@@H](c1ccccc1)[NH+]1CCN(c2ccc(O)cc2)CC1. The van der Waals surface area contributed by atoms with Gasteiger partial charge in [-0.2, -0.15) is 0 Å². The maximum atomic E-state index is 12.9. The Morgan fingerprint density at radius 2 is 1.71 bits per heavy atom. The Kier molecular flexibility index (Phi) is 6.49. The van der Waals surface area contributed by atoms with Gasteiger partial charge in [-0.25, -0.2) is 4.79 Å². The Labute approximate surface area is 165 Å². The first-order valence-corrected chi connectivity index (χ1v) is 9.60. The van der Waals surface area contributed by atoms with Crippen LogP contribution in [0, 0.1) is 0 Å². The Morgan fingerprint density at radius 3 is 2.32 bits per heavy atom. The molecule has 7 nitrogen and oxygen atoms in total. The van der Waals surface area contributed by atoms with E-state index in [1.165, 1.54) is 0 Å². The number of nitrogens with one attached hydrogen (secondary N) is 3. The van der Waals surface area contributed by atoms with Crippen molar-refractivity contribution in [2.45, 2.75) is 13.0 Å².